The first-order valence-corrected chi connectivity index (χ1v) is 13.9. The number of hydrogen-bond donors (Lipinski definition) is 4. The number of hydrogen-bond acceptors (Lipinski definition) is 6. The molecule has 3 aromatic carbocycles. The number of nitrogens with zero attached hydrogens (tertiary/aromatic N) is 1. The Balaban J connectivity index is 2.02. The number of alkyl carbamates (subject to hydrolysis) is 1. The van der Waals surface area contributed by atoms with Gasteiger partial charge in [-0.05, 0) is 80.3 Å². The monoisotopic (exact) mass is 563 g/mol. The molecule has 0 radical (unpaired) electrons. The Morgan fingerprint density at radius 2 is 1.68 bits per heavy atom. The van der Waals surface area contributed by atoms with E-state index >= 15 is 0 Å². The number of aromatic hydroxyl groups is 1. The average Bonchev–Trinajstić information content (AvgIpc) is 2.91. The Labute approximate surface area is 241 Å². The Morgan fingerprint density at radius 1 is 0.976 bits per heavy atom. The van der Waals surface area contributed by atoms with Crippen molar-refractivity contribution >= 4 is 34.4 Å². The number of carbonyl (C=O) groups excluding carboxylic acids is 3. The number of nitrogens with one attached hydrogen (secondary N) is 2. The fraction of sp³-hybridized carbons (Fsp3) is 0.406. The maximum atomic E-state index is 14.0. The van der Waals surface area contributed by atoms with Gasteiger partial charge in [0.15, 0.2) is 0 Å². The Morgan fingerprint density at radius 3 is 2.32 bits per heavy atom. The average molecular weight is 564 g/mol. The van der Waals surface area contributed by atoms with Crippen molar-refractivity contribution in [2.24, 2.45) is 0 Å². The van der Waals surface area contributed by atoms with Crippen LogP contribution in [0.2, 0.25) is 0 Å². The quantitative estimate of drug-likeness (QED) is 0.230. The highest BCUT2D eigenvalue weighted by atomic mass is 16.6. The summed E-state index contributed by atoms with van der Waals surface area (Å²) >= 11 is 0. The van der Waals surface area contributed by atoms with Crippen molar-refractivity contribution in [3.05, 3.63) is 71.8 Å². The molecule has 3 amide bonds. The number of benzene rings is 3. The molecule has 0 heterocycles. The summed E-state index contributed by atoms with van der Waals surface area (Å²) in [5.41, 5.74) is 0.774. The molecule has 0 aromatic heterocycles. The van der Waals surface area contributed by atoms with Crippen LogP contribution in [-0.2, 0) is 14.3 Å². The SMILES string of the molecule is CCCCCN(C(=O)C(CO)NC(=O)OC(C)(C)C)C(C(=O)Nc1ccc2ccccc2c1)c1ccc(O)c(C)c1. The van der Waals surface area contributed by atoms with E-state index in [2.05, 4.69) is 10.6 Å². The predicted molar refractivity (Wildman–Crippen MR) is 160 cm³/mol. The second-order valence-electron chi connectivity index (χ2n) is 11.1. The summed E-state index contributed by atoms with van der Waals surface area (Å²) in [6.45, 7) is 8.34. The molecule has 220 valence electrons. The maximum absolute atomic E-state index is 14.0. The summed E-state index contributed by atoms with van der Waals surface area (Å²) in [7, 11) is 0. The van der Waals surface area contributed by atoms with E-state index in [0.717, 1.165) is 23.6 Å². The van der Waals surface area contributed by atoms with Gasteiger partial charge in [-0.25, -0.2) is 4.79 Å². The number of carbonyl (C=O) groups is 3. The molecule has 41 heavy (non-hydrogen) atoms. The van der Waals surface area contributed by atoms with E-state index in [4.69, 9.17) is 4.74 Å². The van der Waals surface area contributed by atoms with E-state index in [1.54, 1.807) is 45.9 Å². The summed E-state index contributed by atoms with van der Waals surface area (Å²) in [6, 6.07) is 15.6. The first kappa shape index (κ1) is 31.4. The largest absolute Gasteiger partial charge is 0.508 e. The van der Waals surface area contributed by atoms with Crippen molar-refractivity contribution in [1.29, 1.82) is 0 Å². The second kappa shape index (κ2) is 14.0. The van der Waals surface area contributed by atoms with Crippen LogP contribution in [0.5, 0.6) is 5.75 Å². The summed E-state index contributed by atoms with van der Waals surface area (Å²) < 4.78 is 5.30. The van der Waals surface area contributed by atoms with E-state index in [9.17, 15) is 24.6 Å². The van der Waals surface area contributed by atoms with Gasteiger partial charge in [0.1, 0.15) is 23.4 Å². The molecule has 0 aliphatic rings. The smallest absolute Gasteiger partial charge is 0.408 e. The van der Waals surface area contributed by atoms with Gasteiger partial charge in [-0.3, -0.25) is 9.59 Å². The highest BCUT2D eigenvalue weighted by molar-refractivity contribution is 6.00. The third kappa shape index (κ3) is 8.69. The van der Waals surface area contributed by atoms with Gasteiger partial charge in [-0.2, -0.15) is 0 Å². The third-order valence-electron chi connectivity index (χ3n) is 6.57. The van der Waals surface area contributed by atoms with Gasteiger partial charge < -0.3 is 30.5 Å². The topological polar surface area (TPSA) is 128 Å². The van der Waals surface area contributed by atoms with Crippen LogP contribution in [0.4, 0.5) is 10.5 Å². The molecule has 2 unspecified atom stereocenters. The molecule has 4 N–H and O–H groups in total. The minimum atomic E-state index is -1.33. The van der Waals surface area contributed by atoms with Crippen LogP contribution >= 0.6 is 0 Å². The van der Waals surface area contributed by atoms with E-state index in [0.29, 0.717) is 23.2 Å². The number of anilines is 1. The van der Waals surface area contributed by atoms with Crippen LogP contribution in [0, 0.1) is 6.92 Å². The van der Waals surface area contributed by atoms with Gasteiger partial charge in [-0.1, -0.05) is 56.2 Å². The second-order valence-corrected chi connectivity index (χ2v) is 11.1. The zero-order valence-corrected chi connectivity index (χ0v) is 24.4. The van der Waals surface area contributed by atoms with Crippen molar-refractivity contribution in [2.75, 3.05) is 18.5 Å². The minimum absolute atomic E-state index is 0.0612. The molecule has 3 aromatic rings. The zero-order valence-electron chi connectivity index (χ0n) is 24.4. The number of ether oxygens (including phenoxy) is 1. The highest BCUT2D eigenvalue weighted by Gasteiger charge is 2.36. The van der Waals surface area contributed by atoms with Gasteiger partial charge in [0, 0.05) is 12.2 Å². The number of phenols is 1. The van der Waals surface area contributed by atoms with Crippen molar-refractivity contribution in [2.45, 2.75) is 71.6 Å². The van der Waals surface area contributed by atoms with Crippen molar-refractivity contribution in [3.63, 3.8) is 0 Å². The van der Waals surface area contributed by atoms with Crippen LogP contribution in [0.15, 0.2) is 60.7 Å². The molecule has 9 nitrogen and oxygen atoms in total. The Bertz CT molecular complexity index is 1370. The summed E-state index contributed by atoms with van der Waals surface area (Å²) in [5, 5.41) is 27.7. The molecule has 0 aliphatic heterocycles. The Kier molecular flexibility index (Phi) is 10.7. The lowest BCUT2D eigenvalue weighted by Gasteiger charge is -2.34. The molecule has 9 heteroatoms. The van der Waals surface area contributed by atoms with E-state index in [1.165, 1.54) is 11.0 Å². The normalized spacial score (nSPS) is 12.8. The lowest BCUT2D eigenvalue weighted by molar-refractivity contribution is -0.141. The summed E-state index contributed by atoms with van der Waals surface area (Å²) in [6.07, 6.45) is 1.44. The number of aliphatic hydroxyl groups excluding tert-OH is 1. The maximum Gasteiger partial charge on any atom is 0.408 e. The number of aliphatic hydroxyl groups is 1. The molecule has 0 bridgehead atoms. The van der Waals surface area contributed by atoms with Crippen LogP contribution < -0.4 is 10.6 Å². The fourth-order valence-electron chi connectivity index (χ4n) is 4.53. The van der Waals surface area contributed by atoms with Crippen molar-refractivity contribution < 1.29 is 29.3 Å². The number of aryl methyl sites for hydroxylation is 1. The van der Waals surface area contributed by atoms with Gasteiger partial charge in [0.2, 0.25) is 5.91 Å². The summed E-state index contributed by atoms with van der Waals surface area (Å²) in [4.78, 5) is 41.8. The summed E-state index contributed by atoms with van der Waals surface area (Å²) in [5.74, 6) is -1.03. The Hall–Kier alpha value is -4.11. The molecular formula is C32H41N3O6. The fourth-order valence-corrected chi connectivity index (χ4v) is 4.53. The lowest BCUT2D eigenvalue weighted by atomic mass is 9.99. The first-order chi connectivity index (χ1) is 19.4. The number of unbranched alkanes of at least 4 members (excludes halogenated alkanes) is 2. The van der Waals surface area contributed by atoms with Crippen molar-refractivity contribution in [1.82, 2.24) is 10.2 Å². The molecule has 0 spiro atoms. The van der Waals surface area contributed by atoms with Crippen molar-refractivity contribution in [3.8, 4) is 5.75 Å². The van der Waals surface area contributed by atoms with Crippen LogP contribution in [0.3, 0.4) is 0 Å². The highest BCUT2D eigenvalue weighted by Crippen LogP contribution is 2.29. The predicted octanol–water partition coefficient (Wildman–Crippen LogP) is 5.44. The third-order valence-corrected chi connectivity index (χ3v) is 6.57. The van der Waals surface area contributed by atoms with Gasteiger partial charge in [0.05, 0.1) is 6.61 Å². The van der Waals surface area contributed by atoms with E-state index in [-0.39, 0.29) is 12.3 Å². The van der Waals surface area contributed by atoms with Gasteiger partial charge >= 0.3 is 6.09 Å². The van der Waals surface area contributed by atoms with E-state index in [1.807, 2.05) is 43.3 Å². The molecule has 0 saturated heterocycles. The number of fused-ring (bicyclic) bond motifs is 1. The standard InChI is InChI=1S/C32H41N3O6/c1-6-7-10-17-35(30(39)26(20-36)34-31(40)41-32(3,4)5)28(24-14-16-27(37)21(2)18-24)29(38)33-25-15-13-22-11-8-9-12-23(22)19-25/h8-9,11-16,18-19,26,28,36-37H,6-7,10,17,20H2,1-5H3,(H,33,38)(H,34,40). The van der Waals surface area contributed by atoms with Crippen LogP contribution in [-0.4, -0.2) is 57.8 Å². The molecule has 3 rings (SSSR count). The minimum Gasteiger partial charge on any atom is -0.508 e. The number of phenolic OH excluding ortho intramolecular Hbond substituents is 1. The van der Waals surface area contributed by atoms with Crippen LogP contribution in [0.1, 0.15) is 64.1 Å². The van der Waals surface area contributed by atoms with E-state index < -0.39 is 42.2 Å². The molecule has 2 atom stereocenters. The molecular weight excluding hydrogens is 522 g/mol. The zero-order chi connectivity index (χ0) is 30.2. The molecule has 0 aliphatic carbocycles. The van der Waals surface area contributed by atoms with Gasteiger partial charge in [0.25, 0.3) is 5.91 Å². The molecule has 0 saturated carbocycles. The number of amides is 3. The molecule has 0 fully saturated rings. The first-order valence-electron chi connectivity index (χ1n) is 13.9. The van der Waals surface area contributed by atoms with Crippen LogP contribution in [0.25, 0.3) is 10.8 Å². The van der Waals surface area contributed by atoms with Gasteiger partial charge in [-0.15, -0.1) is 0 Å². The lowest BCUT2D eigenvalue weighted by Crippen LogP contribution is -2.54. The number of rotatable bonds is 11.